The molecule has 2 saturated carbocycles. The molecule has 326 valence electrons. The van der Waals surface area contributed by atoms with Gasteiger partial charge in [0.05, 0.1) is 52.9 Å². The summed E-state index contributed by atoms with van der Waals surface area (Å²) in [4.78, 5) is 32.2. The van der Waals surface area contributed by atoms with E-state index in [4.69, 9.17) is 37.3 Å². The topological polar surface area (TPSA) is 142 Å². The number of benzene rings is 2. The van der Waals surface area contributed by atoms with Gasteiger partial charge < -0.3 is 37.3 Å². The summed E-state index contributed by atoms with van der Waals surface area (Å²) in [6.07, 6.45) is 16.1. The van der Waals surface area contributed by atoms with Gasteiger partial charge in [0.15, 0.2) is 0 Å². The zero-order valence-electron chi connectivity index (χ0n) is 36.4. The minimum Gasteiger partial charge on any atom is -0.497 e. The molecule has 2 fully saturated rings. The van der Waals surface area contributed by atoms with Gasteiger partial charge in [0.25, 0.3) is 0 Å². The van der Waals surface area contributed by atoms with E-state index in [0.717, 1.165) is 103 Å². The van der Waals surface area contributed by atoms with Gasteiger partial charge in [-0.3, -0.25) is 4.79 Å². The molecule has 0 aliphatic heterocycles. The molecule has 2 aromatic heterocycles. The van der Waals surface area contributed by atoms with E-state index in [1.165, 1.54) is 18.9 Å². The Morgan fingerprint density at radius 1 is 0.733 bits per heavy atom. The van der Waals surface area contributed by atoms with Crippen LogP contribution in [0.5, 0.6) is 11.5 Å². The van der Waals surface area contributed by atoms with Crippen molar-refractivity contribution in [1.82, 2.24) is 9.97 Å². The van der Waals surface area contributed by atoms with Gasteiger partial charge >= 0.3 is 11.9 Å². The van der Waals surface area contributed by atoms with Crippen molar-refractivity contribution in [3.05, 3.63) is 83.6 Å². The molecule has 12 nitrogen and oxygen atoms in total. The fourth-order valence-electron chi connectivity index (χ4n) is 7.85. The van der Waals surface area contributed by atoms with E-state index in [1.54, 1.807) is 14.2 Å². The molecule has 4 atom stereocenters. The number of oxazole rings is 2. The highest BCUT2D eigenvalue weighted by molar-refractivity contribution is 5.81. The number of hydrogen-bond donors (Lipinski definition) is 0. The van der Waals surface area contributed by atoms with Crippen molar-refractivity contribution in [1.29, 1.82) is 0 Å². The number of aryl methyl sites for hydroxylation is 2. The Bertz CT molecular complexity index is 1950. The van der Waals surface area contributed by atoms with Crippen LogP contribution in [-0.4, -0.2) is 61.5 Å². The van der Waals surface area contributed by atoms with Gasteiger partial charge in [-0.25, -0.2) is 14.8 Å². The van der Waals surface area contributed by atoms with Crippen molar-refractivity contribution in [2.45, 2.75) is 130 Å². The van der Waals surface area contributed by atoms with Gasteiger partial charge in [0, 0.05) is 23.6 Å². The van der Waals surface area contributed by atoms with Crippen molar-refractivity contribution in [3.8, 4) is 34.4 Å². The Kier molecular flexibility index (Phi) is 18.7. The lowest BCUT2D eigenvalue weighted by Crippen LogP contribution is -2.23. The molecule has 2 aliphatic rings. The van der Waals surface area contributed by atoms with Crippen LogP contribution in [-0.2, 0) is 41.8 Å². The molecule has 0 N–H and O–H groups in total. The van der Waals surface area contributed by atoms with E-state index in [0.29, 0.717) is 56.5 Å². The number of methoxy groups -OCH3 is 2. The second kappa shape index (κ2) is 24.3. The van der Waals surface area contributed by atoms with Crippen LogP contribution < -0.4 is 9.47 Å². The molecule has 60 heavy (non-hydrogen) atoms. The zero-order chi connectivity index (χ0) is 42.7. The molecule has 0 bridgehead atoms. The molecule has 4 aromatic rings. The van der Waals surface area contributed by atoms with E-state index in [1.807, 2.05) is 82.3 Å². The summed E-state index contributed by atoms with van der Waals surface area (Å²) >= 11 is 0. The van der Waals surface area contributed by atoms with Gasteiger partial charge in [0.2, 0.25) is 11.8 Å². The number of carbonyl (C=O) groups excluding carboxylic acids is 2. The highest BCUT2D eigenvalue weighted by Gasteiger charge is 2.25. The van der Waals surface area contributed by atoms with Gasteiger partial charge in [-0.05, 0) is 127 Å². The highest BCUT2D eigenvalue weighted by Crippen LogP contribution is 2.33. The number of hydrogen-bond acceptors (Lipinski definition) is 12. The number of nitrogens with zero attached hydrogens (tertiary/aromatic N) is 2. The quantitative estimate of drug-likeness (QED) is 0.0656. The molecule has 2 aliphatic carbocycles. The van der Waals surface area contributed by atoms with Crippen LogP contribution in [0.3, 0.4) is 0 Å². The third-order valence-corrected chi connectivity index (χ3v) is 11.1. The molecular weight excluding hydrogens is 765 g/mol. The molecule has 4 unspecified atom stereocenters. The fraction of sp³-hybridized carbons (Fsp3) is 0.542. The second-order valence-corrected chi connectivity index (χ2v) is 15.5. The zero-order valence-corrected chi connectivity index (χ0v) is 36.4. The van der Waals surface area contributed by atoms with Gasteiger partial charge in [0.1, 0.15) is 34.4 Å². The first kappa shape index (κ1) is 46.1. The number of rotatable bonds is 19. The van der Waals surface area contributed by atoms with Gasteiger partial charge in [-0.2, -0.15) is 0 Å². The SMILES string of the molecule is CCOC(=O)C=CCC1CCCC(OCc2nc(-c3cccc(OC)c3)oc2C)C1.CCOC(=O)CCCC1CCCC(OCc2nc(-c3cccc(OC)c3)oc2C)C1. The average Bonchev–Trinajstić information content (AvgIpc) is 3.84. The third kappa shape index (κ3) is 14.7. The maximum atomic E-state index is 11.5. The average molecular weight is 829 g/mol. The molecule has 0 spiro atoms. The molecule has 0 saturated heterocycles. The molecule has 0 amide bonds. The molecule has 2 heterocycles. The maximum Gasteiger partial charge on any atom is 0.330 e. The Morgan fingerprint density at radius 2 is 1.27 bits per heavy atom. The Morgan fingerprint density at radius 3 is 1.80 bits per heavy atom. The first-order valence-corrected chi connectivity index (χ1v) is 21.6. The van der Waals surface area contributed by atoms with Crippen LogP contribution in [0.4, 0.5) is 0 Å². The van der Waals surface area contributed by atoms with Crippen molar-refractivity contribution in [3.63, 3.8) is 0 Å². The summed E-state index contributed by atoms with van der Waals surface area (Å²) in [5.74, 6) is 5.06. The summed E-state index contributed by atoms with van der Waals surface area (Å²) in [5, 5.41) is 0. The van der Waals surface area contributed by atoms with E-state index in [2.05, 4.69) is 9.97 Å². The lowest BCUT2D eigenvalue weighted by atomic mass is 9.84. The Labute approximate surface area is 355 Å². The van der Waals surface area contributed by atoms with E-state index in [-0.39, 0.29) is 24.1 Å². The summed E-state index contributed by atoms with van der Waals surface area (Å²) in [7, 11) is 3.29. The smallest absolute Gasteiger partial charge is 0.330 e. The lowest BCUT2D eigenvalue weighted by molar-refractivity contribution is -0.143. The van der Waals surface area contributed by atoms with E-state index in [9.17, 15) is 9.59 Å². The normalized spacial score (nSPS) is 19.0. The first-order chi connectivity index (χ1) is 29.2. The fourth-order valence-corrected chi connectivity index (χ4v) is 7.85. The summed E-state index contributed by atoms with van der Waals surface area (Å²) < 4.78 is 44.6. The molecule has 0 radical (unpaired) electrons. The summed E-state index contributed by atoms with van der Waals surface area (Å²) in [6.45, 7) is 9.26. The van der Waals surface area contributed by atoms with Crippen LogP contribution in [0.25, 0.3) is 22.9 Å². The lowest BCUT2D eigenvalue weighted by Gasteiger charge is -2.29. The molecule has 6 rings (SSSR count). The van der Waals surface area contributed by atoms with Crippen molar-refractivity contribution < 1.29 is 46.8 Å². The number of ether oxygens (including phenoxy) is 6. The maximum absolute atomic E-state index is 11.5. The number of carbonyl (C=O) groups is 2. The van der Waals surface area contributed by atoms with Crippen LogP contribution in [0.1, 0.15) is 114 Å². The van der Waals surface area contributed by atoms with E-state index < -0.39 is 0 Å². The predicted octanol–water partition coefficient (Wildman–Crippen LogP) is 10.7. The molecule has 2 aromatic carbocycles. The molecule has 12 heteroatoms. The van der Waals surface area contributed by atoms with Crippen LogP contribution in [0, 0.1) is 25.7 Å². The van der Waals surface area contributed by atoms with Crippen molar-refractivity contribution >= 4 is 11.9 Å². The number of aromatic nitrogens is 2. The Balaban J connectivity index is 0.000000228. The molecular formula is C48H64N2O10. The minimum absolute atomic E-state index is 0.0885. The standard InChI is InChI=1S/C24H33NO5.C24H31NO5/c2*1-4-28-23(26)13-6-9-18-8-5-12-21(14-18)29-16-22-17(2)30-24(25-22)19-10-7-11-20(15-19)27-3/h7,10-11,15,18,21H,4-6,8-9,12-14,16H2,1-3H3;6-7,10-11,13,15,18,21H,4-5,8-9,12,14,16H2,1-3H3. The number of esters is 2. The highest BCUT2D eigenvalue weighted by atomic mass is 16.5. The van der Waals surface area contributed by atoms with Crippen LogP contribution >= 0.6 is 0 Å². The summed E-state index contributed by atoms with van der Waals surface area (Å²) in [5.41, 5.74) is 3.45. The first-order valence-electron chi connectivity index (χ1n) is 21.6. The third-order valence-electron chi connectivity index (χ3n) is 11.1. The van der Waals surface area contributed by atoms with Gasteiger partial charge in [-0.15, -0.1) is 0 Å². The monoisotopic (exact) mass is 828 g/mol. The van der Waals surface area contributed by atoms with Crippen molar-refractivity contribution in [2.75, 3.05) is 27.4 Å². The predicted molar refractivity (Wildman–Crippen MR) is 228 cm³/mol. The minimum atomic E-state index is -0.269. The van der Waals surface area contributed by atoms with Crippen molar-refractivity contribution in [2.24, 2.45) is 11.8 Å². The second-order valence-electron chi connectivity index (χ2n) is 15.5. The van der Waals surface area contributed by atoms with Gasteiger partial charge in [-0.1, -0.05) is 37.5 Å². The van der Waals surface area contributed by atoms with E-state index >= 15 is 0 Å². The summed E-state index contributed by atoms with van der Waals surface area (Å²) in [6, 6.07) is 15.4. The Hall–Kier alpha value is -4.94. The largest absolute Gasteiger partial charge is 0.497 e. The number of allylic oxidation sites excluding steroid dienone is 1. The van der Waals surface area contributed by atoms with Crippen LogP contribution in [0.2, 0.25) is 0 Å². The van der Waals surface area contributed by atoms with Crippen LogP contribution in [0.15, 0.2) is 69.5 Å².